The van der Waals surface area contributed by atoms with Gasteiger partial charge in [-0.15, -0.1) is 0 Å². The molecule has 1 heterocycles. The van der Waals surface area contributed by atoms with Gasteiger partial charge in [-0.25, -0.2) is 0 Å². The first-order chi connectivity index (χ1) is 9.12. The second-order valence-corrected chi connectivity index (χ2v) is 5.21. The van der Waals surface area contributed by atoms with Gasteiger partial charge < -0.3 is 14.8 Å². The van der Waals surface area contributed by atoms with E-state index in [-0.39, 0.29) is 11.2 Å². The van der Waals surface area contributed by atoms with Gasteiger partial charge in [0.25, 0.3) is 0 Å². The van der Waals surface area contributed by atoms with Crippen LogP contribution >= 0.6 is 0 Å². The van der Waals surface area contributed by atoms with Crippen molar-refractivity contribution in [3.8, 4) is 11.5 Å². The quantitative estimate of drug-likeness (QED) is 0.847. The fourth-order valence-corrected chi connectivity index (χ4v) is 2.63. The van der Waals surface area contributed by atoms with Gasteiger partial charge in [-0.1, -0.05) is 13.0 Å². The molecule has 0 aromatic heterocycles. The molecule has 0 amide bonds. The monoisotopic (exact) mass is 263 g/mol. The summed E-state index contributed by atoms with van der Waals surface area (Å²) in [6.45, 7) is 3.69. The third kappa shape index (κ3) is 2.59. The van der Waals surface area contributed by atoms with E-state index < -0.39 is 0 Å². The SMILES string of the molecule is COc1cccc(OC)c1C(=O)C1(C)CCCNC1. The summed E-state index contributed by atoms with van der Waals surface area (Å²) < 4.78 is 10.6. The van der Waals surface area contributed by atoms with Crippen molar-refractivity contribution in [3.05, 3.63) is 23.8 Å². The molecule has 0 radical (unpaired) electrons. The van der Waals surface area contributed by atoms with Crippen molar-refractivity contribution >= 4 is 5.78 Å². The minimum Gasteiger partial charge on any atom is -0.496 e. The van der Waals surface area contributed by atoms with E-state index in [1.54, 1.807) is 26.4 Å². The van der Waals surface area contributed by atoms with Crippen LogP contribution in [0.15, 0.2) is 18.2 Å². The maximum Gasteiger partial charge on any atom is 0.177 e. The Morgan fingerprint density at radius 3 is 2.37 bits per heavy atom. The molecule has 1 aromatic carbocycles. The smallest absolute Gasteiger partial charge is 0.177 e. The van der Waals surface area contributed by atoms with Gasteiger partial charge in [0.05, 0.1) is 14.2 Å². The summed E-state index contributed by atoms with van der Waals surface area (Å²) in [5.41, 5.74) is 0.166. The van der Waals surface area contributed by atoms with Gasteiger partial charge in [-0.2, -0.15) is 0 Å². The van der Waals surface area contributed by atoms with E-state index in [0.29, 0.717) is 23.6 Å². The minimum atomic E-state index is -0.389. The topological polar surface area (TPSA) is 47.6 Å². The van der Waals surface area contributed by atoms with E-state index in [2.05, 4.69) is 5.32 Å². The number of piperidine rings is 1. The summed E-state index contributed by atoms with van der Waals surface area (Å²) in [5, 5.41) is 3.30. The van der Waals surface area contributed by atoms with Gasteiger partial charge >= 0.3 is 0 Å². The van der Waals surface area contributed by atoms with Crippen LogP contribution in [0.5, 0.6) is 11.5 Å². The number of nitrogens with one attached hydrogen (secondary N) is 1. The van der Waals surface area contributed by atoms with Crippen molar-refractivity contribution in [1.29, 1.82) is 0 Å². The van der Waals surface area contributed by atoms with E-state index in [9.17, 15) is 4.79 Å². The molecule has 19 heavy (non-hydrogen) atoms. The van der Waals surface area contributed by atoms with Crippen molar-refractivity contribution in [2.24, 2.45) is 5.41 Å². The molecule has 4 heteroatoms. The summed E-state index contributed by atoms with van der Waals surface area (Å²) in [7, 11) is 3.15. The molecule has 0 saturated carbocycles. The first kappa shape index (κ1) is 13.9. The molecule has 1 aromatic rings. The highest BCUT2D eigenvalue weighted by atomic mass is 16.5. The van der Waals surface area contributed by atoms with E-state index in [1.165, 1.54) is 0 Å². The summed E-state index contributed by atoms with van der Waals surface area (Å²) in [6, 6.07) is 5.43. The highest BCUT2D eigenvalue weighted by Crippen LogP contribution is 2.37. The number of ketones is 1. The zero-order chi connectivity index (χ0) is 13.9. The highest BCUT2D eigenvalue weighted by Gasteiger charge is 2.38. The largest absolute Gasteiger partial charge is 0.496 e. The van der Waals surface area contributed by atoms with Gasteiger partial charge in [0.15, 0.2) is 5.78 Å². The Labute approximate surface area is 114 Å². The van der Waals surface area contributed by atoms with Crippen LogP contribution < -0.4 is 14.8 Å². The summed E-state index contributed by atoms with van der Waals surface area (Å²) in [6.07, 6.45) is 1.90. The molecule has 0 aliphatic carbocycles. The van der Waals surface area contributed by atoms with Crippen molar-refractivity contribution < 1.29 is 14.3 Å². The minimum absolute atomic E-state index is 0.0917. The third-order valence-electron chi connectivity index (χ3n) is 3.80. The lowest BCUT2D eigenvalue weighted by Gasteiger charge is -2.33. The fourth-order valence-electron chi connectivity index (χ4n) is 2.63. The molecule has 1 unspecified atom stereocenters. The first-order valence-electron chi connectivity index (χ1n) is 6.59. The van der Waals surface area contributed by atoms with E-state index in [4.69, 9.17) is 9.47 Å². The number of hydrogen-bond acceptors (Lipinski definition) is 4. The lowest BCUT2D eigenvalue weighted by molar-refractivity contribution is 0.0766. The molecule has 1 aliphatic heterocycles. The van der Waals surface area contributed by atoms with Crippen LogP contribution in [0, 0.1) is 5.41 Å². The van der Waals surface area contributed by atoms with Crippen LogP contribution in [0.25, 0.3) is 0 Å². The summed E-state index contributed by atoms with van der Waals surface area (Å²) in [4.78, 5) is 12.9. The molecule has 0 bridgehead atoms. The molecule has 2 rings (SSSR count). The molecular weight excluding hydrogens is 242 g/mol. The molecule has 1 fully saturated rings. The fraction of sp³-hybridized carbons (Fsp3) is 0.533. The van der Waals surface area contributed by atoms with Crippen LogP contribution in [0.2, 0.25) is 0 Å². The second-order valence-electron chi connectivity index (χ2n) is 5.21. The Bertz CT molecular complexity index is 442. The Balaban J connectivity index is 2.42. The predicted octanol–water partition coefficient (Wildman–Crippen LogP) is 2.28. The van der Waals surface area contributed by atoms with Crippen molar-refractivity contribution in [1.82, 2.24) is 5.32 Å². The van der Waals surface area contributed by atoms with Gasteiger partial charge in [0.1, 0.15) is 17.1 Å². The maximum atomic E-state index is 12.9. The molecule has 1 atom stereocenters. The van der Waals surface area contributed by atoms with Crippen LogP contribution in [-0.4, -0.2) is 33.1 Å². The zero-order valence-corrected chi connectivity index (χ0v) is 11.8. The van der Waals surface area contributed by atoms with Gasteiger partial charge in [0, 0.05) is 12.0 Å². The number of ether oxygens (including phenoxy) is 2. The van der Waals surface area contributed by atoms with Gasteiger partial charge in [0.2, 0.25) is 0 Å². The van der Waals surface area contributed by atoms with Crippen LogP contribution in [0.4, 0.5) is 0 Å². The average Bonchev–Trinajstić information content (AvgIpc) is 2.46. The third-order valence-corrected chi connectivity index (χ3v) is 3.80. The number of methoxy groups -OCH3 is 2. The Morgan fingerprint density at radius 1 is 1.26 bits per heavy atom. The molecule has 104 valence electrons. The second kappa shape index (κ2) is 5.61. The van der Waals surface area contributed by atoms with E-state index >= 15 is 0 Å². The van der Waals surface area contributed by atoms with Crippen molar-refractivity contribution in [3.63, 3.8) is 0 Å². The highest BCUT2D eigenvalue weighted by molar-refractivity contribution is 6.05. The number of hydrogen-bond donors (Lipinski definition) is 1. The van der Waals surface area contributed by atoms with Gasteiger partial charge in [-0.3, -0.25) is 4.79 Å². The number of carbonyl (C=O) groups is 1. The lowest BCUT2D eigenvalue weighted by Crippen LogP contribution is -2.43. The van der Waals surface area contributed by atoms with Crippen molar-refractivity contribution in [2.45, 2.75) is 19.8 Å². The number of rotatable bonds is 4. The molecule has 1 N–H and O–H groups in total. The van der Waals surface area contributed by atoms with Crippen LogP contribution in [0.3, 0.4) is 0 Å². The standard InChI is InChI=1S/C15H21NO3/c1-15(8-5-9-16-10-15)14(17)13-11(18-2)6-4-7-12(13)19-3/h4,6-7,16H,5,8-10H2,1-3H3. The Hall–Kier alpha value is -1.55. The zero-order valence-electron chi connectivity index (χ0n) is 11.8. The number of benzene rings is 1. The average molecular weight is 263 g/mol. The Morgan fingerprint density at radius 2 is 1.89 bits per heavy atom. The van der Waals surface area contributed by atoms with Crippen molar-refractivity contribution in [2.75, 3.05) is 27.3 Å². The molecule has 0 spiro atoms. The molecule has 1 saturated heterocycles. The van der Waals surface area contributed by atoms with Crippen LogP contribution in [0.1, 0.15) is 30.1 Å². The molecule has 1 aliphatic rings. The summed E-state index contributed by atoms with van der Waals surface area (Å²) >= 11 is 0. The number of carbonyl (C=O) groups excluding carboxylic acids is 1. The van der Waals surface area contributed by atoms with Gasteiger partial charge in [-0.05, 0) is 31.5 Å². The predicted molar refractivity (Wildman–Crippen MR) is 74.1 cm³/mol. The maximum absolute atomic E-state index is 12.9. The first-order valence-corrected chi connectivity index (χ1v) is 6.59. The number of Topliss-reactive ketones (excluding diaryl/α,β-unsaturated/α-hetero) is 1. The summed E-state index contributed by atoms with van der Waals surface area (Å²) in [5.74, 6) is 1.25. The molecular formula is C15H21NO3. The van der Waals surface area contributed by atoms with Crippen LogP contribution in [-0.2, 0) is 0 Å². The Kier molecular flexibility index (Phi) is 4.10. The van der Waals surface area contributed by atoms with E-state index in [0.717, 1.165) is 19.4 Å². The lowest BCUT2D eigenvalue weighted by atomic mass is 9.76. The normalized spacial score (nSPS) is 22.9. The molecule has 4 nitrogen and oxygen atoms in total. The van der Waals surface area contributed by atoms with E-state index in [1.807, 2.05) is 13.0 Å².